The number of aryl methyl sites for hydroxylation is 1. The lowest BCUT2D eigenvalue weighted by molar-refractivity contribution is 0.0525. The summed E-state index contributed by atoms with van der Waals surface area (Å²) in [6, 6.07) is 16.8. The molecule has 0 radical (unpaired) electrons. The van der Waals surface area contributed by atoms with E-state index in [4.69, 9.17) is 14.6 Å². The standard InChI is InChI=1S/C32H40N4O4S/c1-21-29(22(2)36(34-21)19-16-33-30(37)40-32(3,4)5)41-23-14-17-35(18-15-23)31(38)39-20-28-26-12-8-6-10-24(26)25-11-7-9-13-27(25)28/h6-13,23,28H,14-20H2,1-5H3,(H,33,37). The average Bonchev–Trinajstić information content (AvgIpc) is 3.40. The SMILES string of the molecule is Cc1nn(CCNC(=O)OC(C)(C)C)c(C)c1SC1CCN(C(=O)OCC2c3ccccc3-c3ccccc32)CC1. The van der Waals surface area contributed by atoms with Crippen LogP contribution in [0.3, 0.4) is 0 Å². The van der Waals surface area contributed by atoms with Gasteiger partial charge in [-0.15, -0.1) is 11.8 Å². The van der Waals surface area contributed by atoms with Gasteiger partial charge in [-0.25, -0.2) is 9.59 Å². The molecule has 5 rings (SSSR count). The van der Waals surface area contributed by atoms with E-state index < -0.39 is 11.7 Å². The Morgan fingerprint density at radius 3 is 2.22 bits per heavy atom. The van der Waals surface area contributed by atoms with Gasteiger partial charge in [-0.3, -0.25) is 4.68 Å². The minimum Gasteiger partial charge on any atom is -0.448 e. The number of hydrogen-bond acceptors (Lipinski definition) is 6. The third-order valence-corrected chi connectivity index (χ3v) is 9.26. The number of carbonyl (C=O) groups excluding carboxylic acids is 2. The molecule has 1 fully saturated rings. The molecule has 1 aromatic heterocycles. The van der Waals surface area contributed by atoms with E-state index in [0.29, 0.717) is 38.0 Å². The summed E-state index contributed by atoms with van der Waals surface area (Å²) < 4.78 is 13.1. The Morgan fingerprint density at radius 2 is 1.61 bits per heavy atom. The van der Waals surface area contributed by atoms with Gasteiger partial charge in [0.05, 0.1) is 17.1 Å². The highest BCUT2D eigenvalue weighted by Crippen LogP contribution is 2.44. The van der Waals surface area contributed by atoms with E-state index in [1.807, 2.05) is 49.0 Å². The third kappa shape index (κ3) is 6.72. The Hall–Kier alpha value is -3.46. The summed E-state index contributed by atoms with van der Waals surface area (Å²) in [6.07, 6.45) is 1.16. The van der Waals surface area contributed by atoms with Crippen molar-refractivity contribution in [2.24, 2.45) is 0 Å². The first-order chi connectivity index (χ1) is 19.6. The highest BCUT2D eigenvalue weighted by Gasteiger charge is 2.31. The molecule has 8 nitrogen and oxygen atoms in total. The predicted octanol–water partition coefficient (Wildman–Crippen LogP) is 6.53. The van der Waals surface area contributed by atoms with Crippen LogP contribution < -0.4 is 5.32 Å². The van der Waals surface area contributed by atoms with E-state index in [1.165, 1.54) is 27.1 Å². The average molecular weight is 577 g/mol. The summed E-state index contributed by atoms with van der Waals surface area (Å²) in [5, 5.41) is 7.91. The molecule has 3 aromatic rings. The van der Waals surface area contributed by atoms with E-state index in [0.717, 1.165) is 24.2 Å². The van der Waals surface area contributed by atoms with Crippen molar-refractivity contribution >= 4 is 23.9 Å². The minimum atomic E-state index is -0.521. The Labute approximate surface area is 246 Å². The Bertz CT molecular complexity index is 1360. The Morgan fingerprint density at radius 1 is 1.00 bits per heavy atom. The van der Waals surface area contributed by atoms with Crippen LogP contribution in [0, 0.1) is 13.8 Å². The maximum absolute atomic E-state index is 13.0. The number of alkyl carbamates (subject to hydrolysis) is 1. The van der Waals surface area contributed by atoms with Gasteiger partial charge >= 0.3 is 12.2 Å². The molecule has 2 aliphatic rings. The quantitative estimate of drug-likeness (QED) is 0.344. The van der Waals surface area contributed by atoms with Gasteiger partial charge in [0.1, 0.15) is 12.2 Å². The van der Waals surface area contributed by atoms with Gasteiger partial charge in [0, 0.05) is 36.5 Å². The van der Waals surface area contributed by atoms with Gasteiger partial charge in [-0.05, 0) is 69.7 Å². The number of benzene rings is 2. The van der Waals surface area contributed by atoms with Gasteiger partial charge in [-0.2, -0.15) is 5.10 Å². The second-order valence-corrected chi connectivity index (χ2v) is 13.1. The van der Waals surface area contributed by atoms with Gasteiger partial charge in [0.25, 0.3) is 0 Å². The fraction of sp³-hybridized carbons (Fsp3) is 0.469. The number of ether oxygens (including phenoxy) is 2. The highest BCUT2D eigenvalue weighted by molar-refractivity contribution is 8.00. The first-order valence-corrected chi connectivity index (χ1v) is 15.3. The lowest BCUT2D eigenvalue weighted by atomic mass is 9.98. The molecule has 1 N–H and O–H groups in total. The van der Waals surface area contributed by atoms with Crippen molar-refractivity contribution in [2.75, 3.05) is 26.2 Å². The number of aromatic nitrogens is 2. The normalized spacial score (nSPS) is 15.4. The number of hydrogen-bond donors (Lipinski definition) is 1. The van der Waals surface area contributed by atoms with Crippen molar-refractivity contribution in [2.45, 2.75) is 75.7 Å². The molecule has 0 spiro atoms. The summed E-state index contributed by atoms with van der Waals surface area (Å²) in [5.41, 5.74) is 6.48. The lowest BCUT2D eigenvalue weighted by Crippen LogP contribution is -2.40. The van der Waals surface area contributed by atoms with Crippen molar-refractivity contribution in [1.82, 2.24) is 20.0 Å². The monoisotopic (exact) mass is 576 g/mol. The van der Waals surface area contributed by atoms with E-state index >= 15 is 0 Å². The largest absolute Gasteiger partial charge is 0.448 e. The molecule has 2 heterocycles. The maximum atomic E-state index is 13.0. The summed E-state index contributed by atoms with van der Waals surface area (Å²) in [5.74, 6) is 0.0706. The molecule has 218 valence electrons. The van der Waals surface area contributed by atoms with Crippen LogP contribution in [0.25, 0.3) is 11.1 Å². The van der Waals surface area contributed by atoms with Gasteiger partial charge in [0.15, 0.2) is 0 Å². The molecule has 0 unspecified atom stereocenters. The Kier molecular flexibility index (Phi) is 8.63. The summed E-state index contributed by atoms with van der Waals surface area (Å²) in [6.45, 7) is 12.4. The van der Waals surface area contributed by atoms with Crippen molar-refractivity contribution in [1.29, 1.82) is 0 Å². The van der Waals surface area contributed by atoms with Crippen LogP contribution in [-0.2, 0) is 16.0 Å². The van der Waals surface area contributed by atoms with Crippen LogP contribution >= 0.6 is 11.8 Å². The third-order valence-electron chi connectivity index (χ3n) is 7.63. The molecule has 2 aromatic carbocycles. The van der Waals surface area contributed by atoms with Crippen molar-refractivity contribution in [3.05, 3.63) is 71.0 Å². The molecule has 1 saturated heterocycles. The molecule has 1 aliphatic heterocycles. The Balaban J connectivity index is 1.10. The molecular weight excluding hydrogens is 536 g/mol. The zero-order valence-electron chi connectivity index (χ0n) is 24.6. The van der Waals surface area contributed by atoms with Gasteiger partial charge in [-0.1, -0.05) is 48.5 Å². The highest BCUT2D eigenvalue weighted by atomic mass is 32.2. The van der Waals surface area contributed by atoms with Crippen molar-refractivity contribution in [3.8, 4) is 11.1 Å². The number of carbonyl (C=O) groups is 2. The molecule has 0 atom stereocenters. The smallest absolute Gasteiger partial charge is 0.409 e. The van der Waals surface area contributed by atoms with E-state index in [1.54, 1.807) is 0 Å². The van der Waals surface area contributed by atoms with Gasteiger partial charge in [0.2, 0.25) is 0 Å². The van der Waals surface area contributed by atoms with Crippen LogP contribution in [0.1, 0.15) is 62.0 Å². The van der Waals surface area contributed by atoms with Crippen molar-refractivity contribution in [3.63, 3.8) is 0 Å². The number of fused-ring (bicyclic) bond motifs is 3. The molecule has 41 heavy (non-hydrogen) atoms. The molecule has 9 heteroatoms. The first-order valence-electron chi connectivity index (χ1n) is 14.4. The number of piperidine rings is 1. The second-order valence-electron chi connectivity index (χ2n) is 11.8. The van der Waals surface area contributed by atoms with Crippen LogP contribution in [0.15, 0.2) is 53.4 Å². The summed E-state index contributed by atoms with van der Waals surface area (Å²) in [7, 11) is 0. The fourth-order valence-electron chi connectivity index (χ4n) is 5.65. The van der Waals surface area contributed by atoms with Crippen LogP contribution in [0.4, 0.5) is 9.59 Å². The topological polar surface area (TPSA) is 85.7 Å². The van der Waals surface area contributed by atoms with Crippen LogP contribution in [0.2, 0.25) is 0 Å². The predicted molar refractivity (Wildman–Crippen MR) is 161 cm³/mol. The summed E-state index contributed by atoms with van der Waals surface area (Å²) >= 11 is 1.84. The first kappa shape index (κ1) is 29.0. The molecular formula is C32H40N4O4S. The van der Waals surface area contributed by atoms with Crippen molar-refractivity contribution < 1.29 is 19.1 Å². The zero-order valence-corrected chi connectivity index (χ0v) is 25.4. The maximum Gasteiger partial charge on any atom is 0.409 e. The van der Waals surface area contributed by atoms with Crippen LogP contribution in [0.5, 0.6) is 0 Å². The van der Waals surface area contributed by atoms with E-state index in [2.05, 4.69) is 60.8 Å². The fourth-order valence-corrected chi connectivity index (χ4v) is 6.92. The number of amides is 2. The summed E-state index contributed by atoms with van der Waals surface area (Å²) in [4.78, 5) is 28.0. The number of nitrogens with zero attached hydrogens (tertiary/aromatic N) is 3. The molecule has 1 aliphatic carbocycles. The molecule has 0 saturated carbocycles. The van der Waals surface area contributed by atoms with E-state index in [-0.39, 0.29) is 12.0 Å². The second kappa shape index (κ2) is 12.2. The number of likely N-dealkylation sites (tertiary alicyclic amines) is 1. The van der Waals surface area contributed by atoms with E-state index in [9.17, 15) is 9.59 Å². The number of thioether (sulfide) groups is 1. The molecule has 2 amide bonds. The zero-order chi connectivity index (χ0) is 29.1. The van der Waals surface area contributed by atoms with Gasteiger partial charge < -0.3 is 19.7 Å². The number of nitrogens with one attached hydrogen (secondary N) is 1. The van der Waals surface area contributed by atoms with Crippen LogP contribution in [-0.4, -0.2) is 64.0 Å². The molecule has 0 bridgehead atoms. The lowest BCUT2D eigenvalue weighted by Gasteiger charge is -2.31. The minimum absolute atomic E-state index is 0.0706. The number of rotatable bonds is 7.